The van der Waals surface area contributed by atoms with Crippen LogP contribution in [0.25, 0.3) is 0 Å². The molecule has 1 rings (SSSR count). The van der Waals surface area contributed by atoms with E-state index in [1.165, 1.54) is 0 Å². The Morgan fingerprint density at radius 1 is 1.40 bits per heavy atom. The Bertz CT molecular complexity index is 421. The molecule has 5 nitrogen and oxygen atoms in total. The van der Waals surface area contributed by atoms with Gasteiger partial charge in [-0.3, -0.25) is 0 Å². The van der Waals surface area contributed by atoms with Gasteiger partial charge in [-0.25, -0.2) is 4.79 Å². The highest BCUT2D eigenvalue weighted by Crippen LogP contribution is 2.24. The summed E-state index contributed by atoms with van der Waals surface area (Å²) in [7, 11) is 0. The summed E-state index contributed by atoms with van der Waals surface area (Å²) in [5.74, 6) is 1.08. The van der Waals surface area contributed by atoms with Gasteiger partial charge in [0.1, 0.15) is 5.75 Å². The number of likely N-dealkylation sites (N-methyl/N-ethyl adjacent to an activating group) is 1. The lowest BCUT2D eigenvalue weighted by Gasteiger charge is -2.21. The minimum Gasteiger partial charge on any atom is -0.491 e. The molecule has 5 heteroatoms. The molecule has 0 aliphatic carbocycles. The van der Waals surface area contributed by atoms with Crippen molar-refractivity contribution in [1.82, 2.24) is 4.90 Å². The van der Waals surface area contributed by atoms with Crippen LogP contribution in [0.4, 0.5) is 10.5 Å². The van der Waals surface area contributed by atoms with Crippen LogP contribution in [0.15, 0.2) is 24.3 Å². The second kappa shape index (κ2) is 8.43. The first kappa shape index (κ1) is 16.3. The molecule has 0 unspecified atom stereocenters. The van der Waals surface area contributed by atoms with Crippen LogP contribution in [-0.4, -0.2) is 42.3 Å². The summed E-state index contributed by atoms with van der Waals surface area (Å²) >= 11 is 0. The third-order valence-electron chi connectivity index (χ3n) is 2.74. The van der Waals surface area contributed by atoms with Crippen molar-refractivity contribution in [1.29, 1.82) is 0 Å². The number of nitrogens with one attached hydrogen (secondary N) is 1. The fraction of sp³-hybridized carbons (Fsp3) is 0.533. The van der Waals surface area contributed by atoms with E-state index >= 15 is 0 Å². The molecule has 1 aromatic carbocycles. The molecule has 0 atom stereocenters. The van der Waals surface area contributed by atoms with Gasteiger partial charge in [0.25, 0.3) is 0 Å². The lowest BCUT2D eigenvalue weighted by Crippen LogP contribution is -2.36. The lowest BCUT2D eigenvalue weighted by molar-refractivity contribution is 0.191. The standard InChI is InChI=1S/C15H24N2O3/c1-4-17(9-10-18)15(19)16-13-7-5-6-8-14(13)20-11-12(2)3/h5-8,12,18H,4,9-11H2,1-3H3,(H,16,19). The number of urea groups is 1. The van der Waals surface area contributed by atoms with Crippen LogP contribution in [0.3, 0.4) is 0 Å². The van der Waals surface area contributed by atoms with Gasteiger partial charge < -0.3 is 20.1 Å². The van der Waals surface area contributed by atoms with Gasteiger partial charge in [-0.15, -0.1) is 0 Å². The minimum absolute atomic E-state index is 0.0489. The van der Waals surface area contributed by atoms with Gasteiger partial charge in [-0.05, 0) is 25.0 Å². The van der Waals surface area contributed by atoms with E-state index in [0.717, 1.165) is 0 Å². The molecule has 0 heterocycles. The number of para-hydroxylation sites is 2. The molecule has 2 amide bonds. The Balaban J connectivity index is 2.73. The Morgan fingerprint density at radius 3 is 2.70 bits per heavy atom. The zero-order valence-electron chi connectivity index (χ0n) is 12.4. The Kier molecular flexibility index (Phi) is 6.87. The van der Waals surface area contributed by atoms with Crippen LogP contribution in [0, 0.1) is 5.92 Å². The molecular formula is C15H24N2O3. The largest absolute Gasteiger partial charge is 0.491 e. The Hall–Kier alpha value is -1.75. The first-order valence-corrected chi connectivity index (χ1v) is 6.97. The number of hydrogen-bond acceptors (Lipinski definition) is 3. The Labute approximate surface area is 120 Å². The molecule has 0 aromatic heterocycles. The molecular weight excluding hydrogens is 256 g/mol. The number of ether oxygens (including phenoxy) is 1. The monoisotopic (exact) mass is 280 g/mol. The van der Waals surface area contributed by atoms with Gasteiger partial charge in [-0.2, -0.15) is 0 Å². The molecule has 0 aliphatic rings. The molecule has 0 saturated heterocycles. The van der Waals surface area contributed by atoms with E-state index in [-0.39, 0.29) is 12.6 Å². The van der Waals surface area contributed by atoms with E-state index in [9.17, 15) is 4.79 Å². The third-order valence-corrected chi connectivity index (χ3v) is 2.74. The summed E-state index contributed by atoms with van der Waals surface area (Å²) in [6.45, 7) is 7.42. The number of carbonyl (C=O) groups is 1. The zero-order valence-corrected chi connectivity index (χ0v) is 12.4. The lowest BCUT2D eigenvalue weighted by atomic mass is 10.2. The van der Waals surface area contributed by atoms with Crippen molar-refractivity contribution in [2.24, 2.45) is 5.92 Å². The maximum absolute atomic E-state index is 12.1. The molecule has 2 N–H and O–H groups in total. The maximum atomic E-state index is 12.1. The normalized spacial score (nSPS) is 10.4. The van der Waals surface area contributed by atoms with Crippen LogP contribution >= 0.6 is 0 Å². The molecule has 112 valence electrons. The zero-order chi connectivity index (χ0) is 15.0. The first-order valence-electron chi connectivity index (χ1n) is 6.97. The quantitative estimate of drug-likeness (QED) is 0.807. The number of nitrogens with zero attached hydrogens (tertiary/aromatic N) is 1. The van der Waals surface area contributed by atoms with Crippen LogP contribution in [0.1, 0.15) is 20.8 Å². The average Bonchev–Trinajstić information content (AvgIpc) is 2.43. The van der Waals surface area contributed by atoms with Crippen molar-refractivity contribution in [3.8, 4) is 5.75 Å². The number of amides is 2. The first-order chi connectivity index (χ1) is 9.58. The van der Waals surface area contributed by atoms with E-state index < -0.39 is 0 Å². The summed E-state index contributed by atoms with van der Waals surface area (Å²) in [4.78, 5) is 13.6. The number of aliphatic hydroxyl groups excluding tert-OH is 1. The summed E-state index contributed by atoms with van der Waals surface area (Å²) in [5, 5.41) is 11.8. The summed E-state index contributed by atoms with van der Waals surface area (Å²) in [6.07, 6.45) is 0. The highest BCUT2D eigenvalue weighted by atomic mass is 16.5. The van der Waals surface area contributed by atoms with Crippen molar-refractivity contribution in [2.75, 3.05) is 31.6 Å². The van der Waals surface area contributed by atoms with E-state index in [1.54, 1.807) is 11.0 Å². The van der Waals surface area contributed by atoms with E-state index in [2.05, 4.69) is 19.2 Å². The van der Waals surface area contributed by atoms with Crippen molar-refractivity contribution >= 4 is 11.7 Å². The van der Waals surface area contributed by atoms with Gasteiger partial charge in [-0.1, -0.05) is 26.0 Å². The number of aliphatic hydroxyl groups is 1. The fourth-order valence-electron chi connectivity index (χ4n) is 1.67. The van der Waals surface area contributed by atoms with Gasteiger partial charge in [0, 0.05) is 13.1 Å². The molecule has 20 heavy (non-hydrogen) atoms. The van der Waals surface area contributed by atoms with Crippen LogP contribution < -0.4 is 10.1 Å². The van der Waals surface area contributed by atoms with E-state index in [4.69, 9.17) is 9.84 Å². The number of benzene rings is 1. The predicted molar refractivity (Wildman–Crippen MR) is 80.1 cm³/mol. The average molecular weight is 280 g/mol. The predicted octanol–water partition coefficient (Wildman–Crippen LogP) is 2.57. The third kappa shape index (κ3) is 5.09. The highest BCUT2D eigenvalue weighted by molar-refractivity contribution is 5.90. The smallest absolute Gasteiger partial charge is 0.322 e. The molecule has 0 saturated carbocycles. The van der Waals surface area contributed by atoms with E-state index in [1.807, 2.05) is 25.1 Å². The Morgan fingerprint density at radius 2 is 2.10 bits per heavy atom. The van der Waals surface area contributed by atoms with Crippen LogP contribution in [0.5, 0.6) is 5.75 Å². The molecule has 0 radical (unpaired) electrons. The molecule has 1 aromatic rings. The molecule has 0 spiro atoms. The molecule has 0 fully saturated rings. The number of anilines is 1. The van der Waals surface area contributed by atoms with Gasteiger partial charge in [0.15, 0.2) is 0 Å². The topological polar surface area (TPSA) is 61.8 Å². The van der Waals surface area contributed by atoms with E-state index in [0.29, 0.717) is 37.1 Å². The summed E-state index contributed by atoms with van der Waals surface area (Å²) in [6, 6.07) is 7.12. The number of hydrogen-bond donors (Lipinski definition) is 2. The van der Waals surface area contributed by atoms with Gasteiger partial charge >= 0.3 is 6.03 Å². The van der Waals surface area contributed by atoms with Gasteiger partial charge in [0.05, 0.1) is 18.9 Å². The highest BCUT2D eigenvalue weighted by Gasteiger charge is 2.13. The fourth-order valence-corrected chi connectivity index (χ4v) is 1.67. The van der Waals surface area contributed by atoms with Crippen molar-refractivity contribution in [2.45, 2.75) is 20.8 Å². The number of rotatable bonds is 7. The van der Waals surface area contributed by atoms with Crippen LogP contribution in [0.2, 0.25) is 0 Å². The second-order valence-electron chi connectivity index (χ2n) is 4.93. The van der Waals surface area contributed by atoms with Gasteiger partial charge in [0.2, 0.25) is 0 Å². The molecule has 0 aliphatic heterocycles. The second-order valence-corrected chi connectivity index (χ2v) is 4.93. The summed E-state index contributed by atoms with van der Waals surface area (Å²) in [5.41, 5.74) is 0.648. The minimum atomic E-state index is -0.234. The maximum Gasteiger partial charge on any atom is 0.322 e. The van der Waals surface area contributed by atoms with Crippen LogP contribution in [-0.2, 0) is 0 Å². The summed E-state index contributed by atoms with van der Waals surface area (Å²) < 4.78 is 5.69. The van der Waals surface area contributed by atoms with Crippen molar-refractivity contribution in [3.63, 3.8) is 0 Å². The number of carbonyl (C=O) groups excluding carboxylic acids is 1. The van der Waals surface area contributed by atoms with Crippen molar-refractivity contribution in [3.05, 3.63) is 24.3 Å². The SMILES string of the molecule is CCN(CCO)C(=O)Nc1ccccc1OCC(C)C. The van der Waals surface area contributed by atoms with Crippen molar-refractivity contribution < 1.29 is 14.6 Å². The molecule has 0 bridgehead atoms.